The van der Waals surface area contributed by atoms with Crippen LogP contribution in [0.1, 0.15) is 26.7 Å². The summed E-state index contributed by atoms with van der Waals surface area (Å²) in [4.78, 5) is 13.3. The lowest BCUT2D eigenvalue weighted by molar-refractivity contribution is -0.116. The molecule has 0 N–H and O–H groups in total. The largest absolute Gasteiger partial charge is 0.284 e. The lowest BCUT2D eigenvalue weighted by atomic mass is 10.4. The first kappa shape index (κ1) is 12.6. The Morgan fingerprint density at radius 3 is 2.76 bits per heavy atom. The molecule has 1 fully saturated rings. The molecule has 1 aliphatic carbocycles. The number of thioether (sulfide) groups is 1. The Morgan fingerprint density at radius 2 is 2.24 bits per heavy atom. The van der Waals surface area contributed by atoms with Gasteiger partial charge in [0.1, 0.15) is 0 Å². The zero-order chi connectivity index (χ0) is 12.4. The van der Waals surface area contributed by atoms with Crippen LogP contribution in [0, 0.1) is 0 Å². The Morgan fingerprint density at radius 1 is 1.53 bits per heavy atom. The minimum atomic E-state index is 0.0556. The van der Waals surface area contributed by atoms with Crippen molar-refractivity contribution >= 4 is 34.1 Å². The van der Waals surface area contributed by atoms with Crippen LogP contribution in [0.2, 0.25) is 0 Å². The average Bonchev–Trinajstić information content (AvgIpc) is 2.94. The smallest absolute Gasteiger partial charge is 0.225 e. The van der Waals surface area contributed by atoms with Crippen LogP contribution >= 0.6 is 23.1 Å². The molecule has 0 bridgehead atoms. The molecule has 4 nitrogen and oxygen atoms in total. The van der Waals surface area contributed by atoms with Crippen molar-refractivity contribution in [1.82, 2.24) is 10.2 Å². The summed E-state index contributed by atoms with van der Waals surface area (Å²) in [5, 5.41) is 8.92. The molecule has 0 radical (unpaired) electrons. The van der Waals surface area contributed by atoms with Gasteiger partial charge in [-0.1, -0.05) is 35.3 Å². The van der Waals surface area contributed by atoms with E-state index in [0.29, 0.717) is 6.04 Å². The van der Waals surface area contributed by atoms with Gasteiger partial charge in [0.2, 0.25) is 11.0 Å². The Hall–Kier alpha value is -0.880. The molecular formula is C11H15N3OS2. The summed E-state index contributed by atoms with van der Waals surface area (Å²) in [5.41, 5.74) is 1.11. The number of hydrogen-bond donors (Lipinski definition) is 0. The molecule has 0 atom stereocenters. The summed E-state index contributed by atoms with van der Waals surface area (Å²) in [7, 11) is 0. The van der Waals surface area contributed by atoms with Crippen LogP contribution < -0.4 is 4.90 Å². The normalized spacial score (nSPS) is 14.7. The number of anilines is 1. The molecule has 1 aliphatic rings. The van der Waals surface area contributed by atoms with E-state index >= 15 is 0 Å². The molecule has 0 aromatic carbocycles. The molecule has 1 saturated carbocycles. The highest BCUT2D eigenvalue weighted by atomic mass is 32.2. The van der Waals surface area contributed by atoms with Crippen LogP contribution in [-0.4, -0.2) is 27.9 Å². The van der Waals surface area contributed by atoms with Crippen molar-refractivity contribution in [2.24, 2.45) is 0 Å². The summed E-state index contributed by atoms with van der Waals surface area (Å²) in [5.74, 6) is 0.901. The van der Waals surface area contributed by atoms with Crippen molar-refractivity contribution in [1.29, 1.82) is 0 Å². The van der Waals surface area contributed by atoms with Crippen LogP contribution in [0.4, 0.5) is 5.13 Å². The number of nitrogens with zero attached hydrogens (tertiary/aromatic N) is 3. The quantitative estimate of drug-likeness (QED) is 0.468. The Labute approximate surface area is 109 Å². The third kappa shape index (κ3) is 3.29. The summed E-state index contributed by atoms with van der Waals surface area (Å²) in [6, 6.07) is 0.347. The van der Waals surface area contributed by atoms with Gasteiger partial charge in [0.25, 0.3) is 0 Å². The van der Waals surface area contributed by atoms with Gasteiger partial charge in [-0.3, -0.25) is 9.69 Å². The predicted octanol–water partition coefficient (Wildman–Crippen LogP) is 2.72. The molecule has 0 saturated heterocycles. The Bertz CT molecular complexity index is 440. The van der Waals surface area contributed by atoms with Crippen molar-refractivity contribution in [3.8, 4) is 0 Å². The highest BCUT2D eigenvalue weighted by molar-refractivity contribution is 8.01. The Kier molecular flexibility index (Phi) is 3.83. The van der Waals surface area contributed by atoms with E-state index in [-0.39, 0.29) is 5.91 Å². The lowest BCUT2D eigenvalue weighted by Gasteiger charge is -2.15. The third-order valence-corrected chi connectivity index (χ3v) is 4.58. The van der Waals surface area contributed by atoms with Gasteiger partial charge in [0.05, 0.1) is 0 Å². The molecule has 0 spiro atoms. The van der Waals surface area contributed by atoms with Gasteiger partial charge in [0, 0.05) is 18.7 Å². The number of carbonyl (C=O) groups excluding carboxylic acids is 1. The van der Waals surface area contributed by atoms with Gasteiger partial charge in [0.15, 0.2) is 4.34 Å². The minimum Gasteiger partial charge on any atom is -0.284 e. The molecule has 2 rings (SSSR count). The van der Waals surface area contributed by atoms with Crippen molar-refractivity contribution < 1.29 is 4.79 Å². The van der Waals surface area contributed by atoms with E-state index in [0.717, 1.165) is 33.6 Å². The van der Waals surface area contributed by atoms with Gasteiger partial charge < -0.3 is 0 Å². The number of carbonyl (C=O) groups is 1. The minimum absolute atomic E-state index is 0.0556. The summed E-state index contributed by atoms with van der Waals surface area (Å²) in [6.45, 7) is 7.42. The molecule has 1 aromatic heterocycles. The second-order valence-electron chi connectivity index (χ2n) is 4.22. The maximum atomic E-state index is 11.5. The molecule has 1 aromatic rings. The number of hydrogen-bond acceptors (Lipinski definition) is 5. The van der Waals surface area contributed by atoms with E-state index in [1.807, 2.05) is 6.92 Å². The number of rotatable bonds is 5. The topological polar surface area (TPSA) is 46.1 Å². The fourth-order valence-electron chi connectivity index (χ4n) is 1.42. The second kappa shape index (κ2) is 5.18. The lowest BCUT2D eigenvalue weighted by Crippen LogP contribution is -2.30. The fraction of sp³-hybridized carbons (Fsp3) is 0.545. The first-order chi connectivity index (χ1) is 8.08. The molecule has 0 aliphatic heterocycles. The number of aromatic nitrogens is 2. The predicted molar refractivity (Wildman–Crippen MR) is 71.6 cm³/mol. The summed E-state index contributed by atoms with van der Waals surface area (Å²) in [6.07, 6.45) is 2.15. The van der Waals surface area contributed by atoms with Crippen LogP contribution in [0.5, 0.6) is 0 Å². The molecular weight excluding hydrogens is 254 g/mol. The van der Waals surface area contributed by atoms with Gasteiger partial charge in [-0.25, -0.2) is 0 Å². The zero-order valence-electron chi connectivity index (χ0n) is 9.97. The number of amides is 1. The van der Waals surface area contributed by atoms with Gasteiger partial charge in [-0.2, -0.15) is 0 Å². The summed E-state index contributed by atoms with van der Waals surface area (Å²) < 4.78 is 0.898. The van der Waals surface area contributed by atoms with Crippen LogP contribution in [0.3, 0.4) is 0 Å². The zero-order valence-corrected chi connectivity index (χ0v) is 11.6. The molecule has 0 unspecified atom stereocenters. The maximum Gasteiger partial charge on any atom is 0.225 e. The van der Waals surface area contributed by atoms with Crippen LogP contribution in [-0.2, 0) is 4.79 Å². The van der Waals surface area contributed by atoms with Crippen molar-refractivity contribution in [3.63, 3.8) is 0 Å². The average molecular weight is 269 g/mol. The van der Waals surface area contributed by atoms with E-state index in [1.165, 1.54) is 11.3 Å². The Balaban J connectivity index is 2.05. The molecule has 1 heterocycles. The molecule has 17 heavy (non-hydrogen) atoms. The molecule has 6 heteroatoms. The van der Waals surface area contributed by atoms with Crippen LogP contribution in [0.25, 0.3) is 0 Å². The van der Waals surface area contributed by atoms with Gasteiger partial charge in [-0.05, 0) is 19.8 Å². The van der Waals surface area contributed by atoms with Crippen molar-refractivity contribution in [2.75, 3.05) is 10.7 Å². The van der Waals surface area contributed by atoms with Gasteiger partial charge >= 0.3 is 0 Å². The second-order valence-corrected chi connectivity index (χ2v) is 6.39. The summed E-state index contributed by atoms with van der Waals surface area (Å²) >= 11 is 3.10. The monoisotopic (exact) mass is 269 g/mol. The van der Waals surface area contributed by atoms with Crippen LogP contribution in [0.15, 0.2) is 16.5 Å². The fourth-order valence-corrected chi connectivity index (χ4v) is 3.22. The third-order valence-electron chi connectivity index (χ3n) is 2.30. The van der Waals surface area contributed by atoms with Crippen molar-refractivity contribution in [3.05, 3.63) is 12.2 Å². The van der Waals surface area contributed by atoms with E-state index in [1.54, 1.807) is 23.6 Å². The van der Waals surface area contributed by atoms with E-state index in [9.17, 15) is 4.79 Å². The molecule has 1 amide bonds. The maximum absolute atomic E-state index is 11.5. The van der Waals surface area contributed by atoms with Gasteiger partial charge in [-0.15, -0.1) is 10.2 Å². The first-order valence-corrected chi connectivity index (χ1v) is 7.28. The first-order valence-electron chi connectivity index (χ1n) is 5.48. The van der Waals surface area contributed by atoms with E-state index in [2.05, 4.69) is 16.8 Å². The van der Waals surface area contributed by atoms with Crippen molar-refractivity contribution in [2.45, 2.75) is 37.1 Å². The van der Waals surface area contributed by atoms with E-state index in [4.69, 9.17) is 0 Å². The highest BCUT2D eigenvalue weighted by Crippen LogP contribution is 2.35. The SMILES string of the molecule is C=C(C)CSc1nnc(N(C(C)=O)C2CC2)s1. The van der Waals surface area contributed by atoms with E-state index < -0.39 is 0 Å². The molecule has 92 valence electrons. The highest BCUT2D eigenvalue weighted by Gasteiger charge is 2.34. The standard InChI is InChI=1S/C11H15N3OS2/c1-7(2)6-16-11-13-12-10(17-11)14(8(3)15)9-4-5-9/h9H,1,4-6H2,2-3H3.